The van der Waals surface area contributed by atoms with Crippen molar-refractivity contribution in [1.29, 1.82) is 0 Å². The van der Waals surface area contributed by atoms with Gasteiger partial charge in [-0.15, -0.1) is 12.4 Å². The molecular formula is C14H22Cl2N4O. The Morgan fingerprint density at radius 2 is 2.43 bits per heavy atom. The van der Waals surface area contributed by atoms with Crippen LogP contribution in [0.25, 0.3) is 0 Å². The minimum absolute atomic E-state index is 0. The van der Waals surface area contributed by atoms with Crippen molar-refractivity contribution in [2.75, 3.05) is 18.0 Å². The zero-order valence-corrected chi connectivity index (χ0v) is 13.7. The summed E-state index contributed by atoms with van der Waals surface area (Å²) in [7, 11) is 0. The van der Waals surface area contributed by atoms with Crippen molar-refractivity contribution in [1.82, 2.24) is 10.3 Å². The van der Waals surface area contributed by atoms with E-state index in [4.69, 9.17) is 17.3 Å². The van der Waals surface area contributed by atoms with Crippen molar-refractivity contribution in [3.63, 3.8) is 0 Å². The number of carbonyl (C=O) groups excluding carboxylic acids is 1. The van der Waals surface area contributed by atoms with Crippen LogP contribution in [-0.2, 0) is 4.79 Å². The van der Waals surface area contributed by atoms with E-state index in [1.165, 1.54) is 0 Å². The van der Waals surface area contributed by atoms with Crippen molar-refractivity contribution in [2.24, 2.45) is 5.73 Å². The lowest BCUT2D eigenvalue weighted by Crippen LogP contribution is -2.46. The highest BCUT2D eigenvalue weighted by Crippen LogP contribution is 2.25. The molecule has 2 atom stereocenters. The zero-order chi connectivity index (χ0) is 14.5. The first-order valence-corrected chi connectivity index (χ1v) is 7.41. The Bertz CT molecular complexity index is 472. The molecule has 1 saturated heterocycles. The van der Waals surface area contributed by atoms with E-state index in [0.29, 0.717) is 11.4 Å². The van der Waals surface area contributed by atoms with Crippen LogP contribution in [-0.4, -0.2) is 36.1 Å². The van der Waals surface area contributed by atoms with Gasteiger partial charge in [-0.25, -0.2) is 4.98 Å². The van der Waals surface area contributed by atoms with Gasteiger partial charge in [0, 0.05) is 25.3 Å². The number of anilines is 1. The summed E-state index contributed by atoms with van der Waals surface area (Å²) in [6.45, 7) is 3.58. The molecule has 2 rings (SSSR count). The highest BCUT2D eigenvalue weighted by Gasteiger charge is 2.27. The second-order valence-electron chi connectivity index (χ2n) is 5.14. The molecule has 5 nitrogen and oxygen atoms in total. The fourth-order valence-electron chi connectivity index (χ4n) is 2.43. The molecule has 0 spiro atoms. The largest absolute Gasteiger partial charge is 0.353 e. The maximum atomic E-state index is 11.9. The molecule has 2 heterocycles. The van der Waals surface area contributed by atoms with E-state index in [1.54, 1.807) is 6.20 Å². The van der Waals surface area contributed by atoms with Crippen LogP contribution in [0.1, 0.15) is 26.2 Å². The predicted octanol–water partition coefficient (Wildman–Crippen LogP) is 1.98. The molecule has 0 aromatic carbocycles. The summed E-state index contributed by atoms with van der Waals surface area (Å²) >= 11 is 6.14. The Hall–Kier alpha value is -1.04. The third-order valence-electron chi connectivity index (χ3n) is 3.51. The van der Waals surface area contributed by atoms with Gasteiger partial charge in [0.1, 0.15) is 5.82 Å². The fourth-order valence-corrected chi connectivity index (χ4v) is 2.67. The summed E-state index contributed by atoms with van der Waals surface area (Å²) < 4.78 is 0. The lowest BCUT2D eigenvalue weighted by atomic mass is 10.1. The first kappa shape index (κ1) is 18.0. The SMILES string of the molecule is CCCC(N)C(=O)NC1CCN(c2ncccc2Cl)C1.Cl. The zero-order valence-electron chi connectivity index (χ0n) is 12.1. The van der Waals surface area contributed by atoms with Crippen molar-refractivity contribution < 1.29 is 4.79 Å². The number of rotatable bonds is 5. The Labute approximate surface area is 136 Å². The predicted molar refractivity (Wildman–Crippen MR) is 88.1 cm³/mol. The number of amides is 1. The second kappa shape index (κ2) is 8.41. The number of hydrogen-bond donors (Lipinski definition) is 2. The highest BCUT2D eigenvalue weighted by atomic mass is 35.5. The van der Waals surface area contributed by atoms with Crippen molar-refractivity contribution in [3.05, 3.63) is 23.4 Å². The molecule has 3 N–H and O–H groups in total. The second-order valence-corrected chi connectivity index (χ2v) is 5.55. The topological polar surface area (TPSA) is 71.2 Å². The highest BCUT2D eigenvalue weighted by molar-refractivity contribution is 6.32. The minimum atomic E-state index is -0.410. The normalized spacial score (nSPS) is 19.0. The summed E-state index contributed by atoms with van der Waals surface area (Å²) in [5.74, 6) is 0.717. The first-order valence-electron chi connectivity index (χ1n) is 7.03. The molecule has 118 valence electrons. The number of nitrogens with two attached hydrogens (primary N) is 1. The van der Waals surface area contributed by atoms with E-state index >= 15 is 0 Å². The summed E-state index contributed by atoms with van der Waals surface area (Å²) in [6, 6.07) is 3.34. The molecule has 1 aliphatic rings. The van der Waals surface area contributed by atoms with Crippen molar-refractivity contribution in [3.8, 4) is 0 Å². The van der Waals surface area contributed by atoms with E-state index in [0.717, 1.165) is 31.7 Å². The van der Waals surface area contributed by atoms with Gasteiger partial charge in [-0.2, -0.15) is 0 Å². The molecule has 0 bridgehead atoms. The lowest BCUT2D eigenvalue weighted by molar-refractivity contribution is -0.123. The Morgan fingerprint density at radius 3 is 3.10 bits per heavy atom. The van der Waals surface area contributed by atoms with E-state index in [1.807, 2.05) is 19.1 Å². The monoisotopic (exact) mass is 332 g/mol. The van der Waals surface area contributed by atoms with Crippen LogP contribution in [0.4, 0.5) is 5.82 Å². The standard InChI is InChI=1S/C14H21ClN4O.ClH/c1-2-4-12(16)14(20)18-10-6-8-19(9-10)13-11(15)5-3-7-17-13;/h3,5,7,10,12H,2,4,6,8-9,16H2,1H3,(H,18,20);1H. The smallest absolute Gasteiger partial charge is 0.237 e. The molecule has 7 heteroatoms. The molecule has 21 heavy (non-hydrogen) atoms. The summed E-state index contributed by atoms with van der Waals surface area (Å²) in [6.07, 6.45) is 4.24. The van der Waals surface area contributed by atoms with E-state index in [9.17, 15) is 4.79 Å². The van der Waals surface area contributed by atoms with E-state index in [2.05, 4.69) is 15.2 Å². The molecule has 1 amide bonds. The quantitative estimate of drug-likeness (QED) is 0.864. The summed E-state index contributed by atoms with van der Waals surface area (Å²) in [5.41, 5.74) is 5.82. The third-order valence-corrected chi connectivity index (χ3v) is 3.80. The van der Waals surface area contributed by atoms with Gasteiger partial charge >= 0.3 is 0 Å². The van der Waals surface area contributed by atoms with Crippen molar-refractivity contribution >= 4 is 35.7 Å². The molecular weight excluding hydrogens is 311 g/mol. The molecule has 2 unspecified atom stereocenters. The van der Waals surface area contributed by atoms with Crippen LogP contribution in [0.2, 0.25) is 5.02 Å². The number of halogens is 2. The van der Waals surface area contributed by atoms with Crippen LogP contribution in [0.5, 0.6) is 0 Å². The number of pyridine rings is 1. The average Bonchev–Trinajstić information content (AvgIpc) is 2.87. The Balaban J connectivity index is 0.00000220. The van der Waals surface area contributed by atoms with Gasteiger partial charge in [-0.05, 0) is 25.0 Å². The van der Waals surface area contributed by atoms with Gasteiger partial charge in [0.15, 0.2) is 0 Å². The maximum Gasteiger partial charge on any atom is 0.237 e. The van der Waals surface area contributed by atoms with Crippen LogP contribution in [0, 0.1) is 0 Å². The van der Waals surface area contributed by atoms with Gasteiger partial charge in [-0.1, -0.05) is 24.9 Å². The number of nitrogens with zero attached hydrogens (tertiary/aromatic N) is 2. The minimum Gasteiger partial charge on any atom is -0.353 e. The molecule has 1 aromatic rings. The fraction of sp³-hybridized carbons (Fsp3) is 0.571. The van der Waals surface area contributed by atoms with Gasteiger partial charge in [0.25, 0.3) is 0 Å². The van der Waals surface area contributed by atoms with Gasteiger partial charge in [-0.3, -0.25) is 4.79 Å². The maximum absolute atomic E-state index is 11.9. The van der Waals surface area contributed by atoms with Gasteiger partial charge in [0.2, 0.25) is 5.91 Å². The molecule has 0 radical (unpaired) electrons. The van der Waals surface area contributed by atoms with E-state index in [-0.39, 0.29) is 24.4 Å². The van der Waals surface area contributed by atoms with Crippen LogP contribution < -0.4 is 16.0 Å². The molecule has 0 saturated carbocycles. The number of hydrogen-bond acceptors (Lipinski definition) is 4. The summed E-state index contributed by atoms with van der Waals surface area (Å²) in [4.78, 5) is 18.3. The number of nitrogens with one attached hydrogen (secondary N) is 1. The Kier molecular flexibility index (Phi) is 7.22. The van der Waals surface area contributed by atoms with Gasteiger partial charge in [0.05, 0.1) is 11.1 Å². The van der Waals surface area contributed by atoms with Crippen LogP contribution >= 0.6 is 24.0 Å². The van der Waals surface area contributed by atoms with Crippen molar-refractivity contribution in [2.45, 2.75) is 38.3 Å². The first-order chi connectivity index (χ1) is 9.61. The summed E-state index contributed by atoms with van der Waals surface area (Å²) in [5, 5.41) is 3.65. The molecule has 1 aromatic heterocycles. The molecule has 1 aliphatic heterocycles. The Morgan fingerprint density at radius 1 is 1.67 bits per heavy atom. The number of aromatic nitrogens is 1. The number of carbonyl (C=O) groups is 1. The average molecular weight is 333 g/mol. The molecule has 0 aliphatic carbocycles. The van der Waals surface area contributed by atoms with Crippen LogP contribution in [0.3, 0.4) is 0 Å². The van der Waals surface area contributed by atoms with Crippen LogP contribution in [0.15, 0.2) is 18.3 Å². The van der Waals surface area contributed by atoms with E-state index < -0.39 is 6.04 Å². The van der Waals surface area contributed by atoms with Gasteiger partial charge < -0.3 is 16.0 Å². The lowest BCUT2D eigenvalue weighted by Gasteiger charge is -2.20. The molecule has 1 fully saturated rings. The third kappa shape index (κ3) is 4.73.